The normalized spacial score (nSPS) is 19.1. The number of carbonyl (C=O) groups is 1. The molecule has 2 aliphatic heterocycles. The molecule has 2 heterocycles. The zero-order valence-corrected chi connectivity index (χ0v) is 18.6. The average molecular weight is 465 g/mol. The minimum Gasteiger partial charge on any atom is -0.482 e. The second-order valence-electron chi connectivity index (χ2n) is 7.68. The van der Waals surface area contributed by atoms with E-state index in [-0.39, 0.29) is 34.3 Å². The molecule has 1 atom stereocenters. The van der Waals surface area contributed by atoms with Gasteiger partial charge >= 0.3 is 0 Å². The van der Waals surface area contributed by atoms with Gasteiger partial charge in [-0.25, -0.2) is 8.42 Å². The highest BCUT2D eigenvalue weighted by molar-refractivity contribution is 7.89. The lowest BCUT2D eigenvalue weighted by atomic mass is 10.0. The molecule has 0 saturated carbocycles. The average Bonchev–Trinajstić information content (AvgIpc) is 3.30. The molecule has 0 radical (unpaired) electrons. The van der Waals surface area contributed by atoms with E-state index in [2.05, 4.69) is 5.32 Å². The smallest absolute Gasteiger partial charge is 0.258 e. The summed E-state index contributed by atoms with van der Waals surface area (Å²) in [6.45, 7) is 1.72. The minimum atomic E-state index is -3.69. The van der Waals surface area contributed by atoms with Gasteiger partial charge in [0.05, 0.1) is 16.0 Å². The molecule has 1 fully saturated rings. The molecule has 0 bridgehead atoms. The van der Waals surface area contributed by atoms with Crippen LogP contribution in [0, 0.1) is 0 Å². The summed E-state index contributed by atoms with van der Waals surface area (Å²) in [6, 6.07) is 12.2. The maximum absolute atomic E-state index is 13.1. The van der Waals surface area contributed by atoms with Crippen LogP contribution in [0.4, 0.5) is 0 Å². The molecule has 7 nitrogen and oxygen atoms in total. The molecule has 0 aliphatic carbocycles. The summed E-state index contributed by atoms with van der Waals surface area (Å²) in [5, 5.41) is 2.91. The Labute approximate surface area is 187 Å². The van der Waals surface area contributed by atoms with Gasteiger partial charge in [0.1, 0.15) is 5.75 Å². The zero-order valence-electron chi connectivity index (χ0n) is 17.1. The number of amides is 1. The van der Waals surface area contributed by atoms with Crippen LogP contribution in [-0.2, 0) is 32.5 Å². The van der Waals surface area contributed by atoms with Crippen molar-refractivity contribution in [2.24, 2.45) is 0 Å². The number of benzene rings is 2. The molecule has 4 rings (SSSR count). The lowest BCUT2D eigenvalue weighted by molar-refractivity contribution is -0.123. The van der Waals surface area contributed by atoms with E-state index >= 15 is 0 Å². The molecular weight excluding hydrogens is 440 g/mol. The number of carbonyl (C=O) groups excluding carboxylic acids is 1. The lowest BCUT2D eigenvalue weighted by Gasteiger charge is -2.28. The van der Waals surface area contributed by atoms with E-state index in [1.54, 1.807) is 0 Å². The molecule has 9 heteroatoms. The van der Waals surface area contributed by atoms with Gasteiger partial charge in [-0.3, -0.25) is 4.79 Å². The number of sulfonamides is 1. The first-order chi connectivity index (χ1) is 14.9. The molecule has 1 N–H and O–H groups in total. The third kappa shape index (κ3) is 5.20. The summed E-state index contributed by atoms with van der Waals surface area (Å²) in [5.74, 6) is -0.0212. The van der Waals surface area contributed by atoms with Crippen LogP contribution in [0.15, 0.2) is 47.4 Å². The maximum atomic E-state index is 13.1. The standard InChI is InChI=1S/C22H25ClN2O5S/c23-20-12-19(31(27,28)25-10-9-16-4-1-2-5-17(16)14-25)7-8-21(20)30-15-22(26)24-13-18-6-3-11-29-18/h1-2,4-5,7-8,12,18H,3,6,9-11,13-15H2,(H,24,26)/t18-/m0/s1. The highest BCUT2D eigenvalue weighted by atomic mass is 35.5. The van der Waals surface area contributed by atoms with E-state index in [4.69, 9.17) is 21.1 Å². The molecule has 2 aliphatic rings. The van der Waals surface area contributed by atoms with E-state index in [9.17, 15) is 13.2 Å². The largest absolute Gasteiger partial charge is 0.482 e. The summed E-state index contributed by atoms with van der Waals surface area (Å²) in [4.78, 5) is 12.1. The van der Waals surface area contributed by atoms with Crippen LogP contribution >= 0.6 is 11.6 Å². The van der Waals surface area contributed by atoms with E-state index in [1.807, 2.05) is 24.3 Å². The van der Waals surface area contributed by atoms with Crippen molar-refractivity contribution in [3.8, 4) is 5.75 Å². The number of hydrogen-bond acceptors (Lipinski definition) is 5. The van der Waals surface area contributed by atoms with Crippen molar-refractivity contribution in [2.75, 3.05) is 26.3 Å². The Hall–Kier alpha value is -2.13. The first kappa shape index (κ1) is 22.1. The molecule has 2 aromatic carbocycles. The van der Waals surface area contributed by atoms with E-state index in [0.29, 0.717) is 26.1 Å². The van der Waals surface area contributed by atoms with Crippen molar-refractivity contribution in [3.63, 3.8) is 0 Å². The van der Waals surface area contributed by atoms with Crippen LogP contribution in [0.3, 0.4) is 0 Å². The SMILES string of the molecule is O=C(COc1ccc(S(=O)(=O)N2CCc3ccccc3C2)cc1Cl)NC[C@@H]1CCCO1. The van der Waals surface area contributed by atoms with Gasteiger partial charge in [-0.1, -0.05) is 35.9 Å². The molecule has 0 unspecified atom stereocenters. The van der Waals surface area contributed by atoms with Crippen molar-refractivity contribution in [3.05, 3.63) is 58.6 Å². The second-order valence-corrected chi connectivity index (χ2v) is 10.0. The fourth-order valence-corrected chi connectivity index (χ4v) is 5.56. The van der Waals surface area contributed by atoms with Gasteiger partial charge in [0.25, 0.3) is 5.91 Å². The van der Waals surface area contributed by atoms with Gasteiger partial charge in [0.2, 0.25) is 10.0 Å². The molecule has 0 spiro atoms. The van der Waals surface area contributed by atoms with Gasteiger partial charge in [-0.15, -0.1) is 0 Å². The van der Waals surface area contributed by atoms with Crippen LogP contribution in [0.25, 0.3) is 0 Å². The lowest BCUT2D eigenvalue weighted by Crippen LogP contribution is -2.36. The maximum Gasteiger partial charge on any atom is 0.258 e. The molecule has 2 aromatic rings. The number of ether oxygens (including phenoxy) is 2. The van der Waals surface area contributed by atoms with Crippen LogP contribution in [-0.4, -0.2) is 51.0 Å². The Bertz CT molecular complexity index is 1050. The van der Waals surface area contributed by atoms with Crippen molar-refractivity contribution in [1.29, 1.82) is 0 Å². The molecule has 166 valence electrons. The van der Waals surface area contributed by atoms with Gasteiger partial charge in [0, 0.05) is 26.2 Å². The van der Waals surface area contributed by atoms with Gasteiger partial charge in [0.15, 0.2) is 6.61 Å². The summed E-state index contributed by atoms with van der Waals surface area (Å²) < 4.78 is 38.6. The van der Waals surface area contributed by atoms with Crippen molar-refractivity contribution >= 4 is 27.5 Å². The number of nitrogens with one attached hydrogen (secondary N) is 1. The van der Waals surface area contributed by atoms with Crippen molar-refractivity contribution in [1.82, 2.24) is 9.62 Å². The Balaban J connectivity index is 1.37. The van der Waals surface area contributed by atoms with Crippen molar-refractivity contribution in [2.45, 2.75) is 36.8 Å². The van der Waals surface area contributed by atoms with Gasteiger partial charge in [-0.2, -0.15) is 4.31 Å². The summed E-state index contributed by atoms with van der Waals surface area (Å²) >= 11 is 6.26. The van der Waals surface area contributed by atoms with E-state index in [1.165, 1.54) is 28.1 Å². The van der Waals surface area contributed by atoms with E-state index in [0.717, 1.165) is 25.0 Å². The Morgan fingerprint density at radius 2 is 2.03 bits per heavy atom. The highest BCUT2D eigenvalue weighted by Gasteiger charge is 2.28. The highest BCUT2D eigenvalue weighted by Crippen LogP contribution is 2.30. The number of nitrogens with zero attached hydrogens (tertiary/aromatic N) is 1. The minimum absolute atomic E-state index is 0.0544. The zero-order chi connectivity index (χ0) is 21.8. The fraction of sp³-hybridized carbons (Fsp3) is 0.409. The predicted octanol–water partition coefficient (Wildman–Crippen LogP) is 2.76. The fourth-order valence-electron chi connectivity index (χ4n) is 3.81. The van der Waals surface area contributed by atoms with Crippen LogP contribution in [0.5, 0.6) is 5.75 Å². The number of halogens is 1. The molecule has 1 amide bonds. The number of hydrogen-bond donors (Lipinski definition) is 1. The first-order valence-corrected chi connectivity index (χ1v) is 12.1. The van der Waals surface area contributed by atoms with Crippen LogP contribution in [0.1, 0.15) is 24.0 Å². The number of fused-ring (bicyclic) bond motifs is 1. The number of rotatable bonds is 7. The predicted molar refractivity (Wildman–Crippen MR) is 117 cm³/mol. The molecule has 1 saturated heterocycles. The summed E-state index contributed by atoms with van der Waals surface area (Å²) in [5.41, 5.74) is 2.19. The Morgan fingerprint density at radius 1 is 1.23 bits per heavy atom. The van der Waals surface area contributed by atoms with Crippen LogP contribution < -0.4 is 10.1 Å². The molecule has 0 aromatic heterocycles. The first-order valence-electron chi connectivity index (χ1n) is 10.3. The topological polar surface area (TPSA) is 84.9 Å². The Kier molecular flexibility index (Phi) is 6.81. The van der Waals surface area contributed by atoms with Gasteiger partial charge in [-0.05, 0) is 48.6 Å². The third-order valence-electron chi connectivity index (χ3n) is 5.55. The summed E-state index contributed by atoms with van der Waals surface area (Å²) in [7, 11) is -3.69. The third-order valence-corrected chi connectivity index (χ3v) is 7.68. The van der Waals surface area contributed by atoms with Crippen molar-refractivity contribution < 1.29 is 22.7 Å². The van der Waals surface area contributed by atoms with Gasteiger partial charge < -0.3 is 14.8 Å². The quantitative estimate of drug-likeness (QED) is 0.681. The Morgan fingerprint density at radius 3 is 2.77 bits per heavy atom. The second kappa shape index (κ2) is 9.56. The molecule has 31 heavy (non-hydrogen) atoms. The monoisotopic (exact) mass is 464 g/mol. The molecular formula is C22H25ClN2O5S. The van der Waals surface area contributed by atoms with E-state index < -0.39 is 10.0 Å². The summed E-state index contributed by atoms with van der Waals surface area (Å²) in [6.07, 6.45) is 2.67. The van der Waals surface area contributed by atoms with Crippen LogP contribution in [0.2, 0.25) is 5.02 Å².